The third kappa shape index (κ3) is 10.1. The van der Waals surface area contributed by atoms with Crippen molar-refractivity contribution in [1.29, 1.82) is 0 Å². The second-order valence-corrected chi connectivity index (χ2v) is 6.48. The number of hydrogen-bond donors (Lipinski definition) is 2. The Morgan fingerprint density at radius 2 is 1.03 bits per heavy atom. The van der Waals surface area contributed by atoms with E-state index in [1.807, 2.05) is 72.8 Å². The molecule has 0 amide bonds. The molecule has 0 fully saturated rings. The van der Waals surface area contributed by atoms with Gasteiger partial charge in [-0.15, -0.1) is 0 Å². The van der Waals surface area contributed by atoms with Crippen LogP contribution in [-0.4, -0.2) is 36.4 Å². The van der Waals surface area contributed by atoms with Gasteiger partial charge in [0.1, 0.15) is 0 Å². The van der Waals surface area contributed by atoms with Crippen LogP contribution in [0.5, 0.6) is 0 Å². The first-order valence-corrected chi connectivity index (χ1v) is 13.5. The van der Waals surface area contributed by atoms with Crippen molar-refractivity contribution in [2.45, 2.75) is 6.42 Å². The van der Waals surface area contributed by atoms with Crippen molar-refractivity contribution in [2.24, 2.45) is 5.73 Å². The molecule has 0 saturated carbocycles. The molecule has 5 aromatic rings. The van der Waals surface area contributed by atoms with Gasteiger partial charge in [0, 0.05) is 43.1 Å². The van der Waals surface area contributed by atoms with Crippen molar-refractivity contribution in [2.75, 3.05) is 6.54 Å². The third-order valence-electron chi connectivity index (χ3n) is 4.15. The van der Waals surface area contributed by atoms with Crippen molar-refractivity contribution in [1.82, 2.24) is 29.9 Å². The predicted molar refractivity (Wildman–Crippen MR) is 132 cm³/mol. The summed E-state index contributed by atoms with van der Waals surface area (Å²) in [4.78, 5) is 23.5. The quantitative estimate of drug-likeness (QED) is 0.288. The summed E-state index contributed by atoms with van der Waals surface area (Å²) in [5.41, 5.74) is 10.0. The molecule has 0 spiro atoms. The molecule has 0 aliphatic heterocycles. The average molecular weight is 649 g/mol. The number of nitrogens with zero attached hydrogens (tertiary/aromatic N) is 5. The molecule has 175 valence electrons. The molecular formula is C25H25ClN7Os. The maximum absolute atomic E-state index is 5.27. The summed E-state index contributed by atoms with van der Waals surface area (Å²) in [5, 5.41) is 0. The fourth-order valence-corrected chi connectivity index (χ4v) is 2.63. The van der Waals surface area contributed by atoms with Gasteiger partial charge in [-0.1, -0.05) is 24.3 Å². The van der Waals surface area contributed by atoms with Crippen LogP contribution >= 0.6 is 9.64 Å². The molecule has 3 N–H and O–H groups in total. The largest absolute Gasteiger partial charge is 0.255 e. The first-order valence-electron chi connectivity index (χ1n) is 10.3. The Morgan fingerprint density at radius 1 is 0.647 bits per heavy atom. The summed E-state index contributed by atoms with van der Waals surface area (Å²) in [6.07, 6.45) is 11.4. The number of nitrogens with one attached hydrogen (secondary N) is 1. The summed E-state index contributed by atoms with van der Waals surface area (Å²) in [6, 6.07) is 23.2. The van der Waals surface area contributed by atoms with E-state index in [1.165, 1.54) is 17.6 Å². The number of aromatic amines is 1. The minimum Gasteiger partial charge on any atom is -0.255 e. The average Bonchev–Trinajstić information content (AvgIpc) is 3.46. The Morgan fingerprint density at radius 3 is 1.26 bits per heavy atom. The van der Waals surface area contributed by atoms with Crippen molar-refractivity contribution < 1.29 is 17.6 Å². The molecule has 9 heteroatoms. The van der Waals surface area contributed by atoms with Crippen molar-refractivity contribution >= 4 is 9.64 Å². The van der Waals surface area contributed by atoms with E-state index in [2.05, 4.69) is 39.5 Å². The molecule has 0 unspecified atom stereocenters. The Hall–Kier alpha value is -3.30. The van der Waals surface area contributed by atoms with Gasteiger partial charge in [-0.3, -0.25) is 19.9 Å². The third-order valence-corrected chi connectivity index (χ3v) is 4.15. The number of H-pyrrole nitrogens is 1. The maximum Gasteiger partial charge on any atom is 0.0886 e. The SMILES string of the molecule is NCCc1cnc[nH]1.[Cl][Os].c1ccc(-c2ccccn2)nc1.c1ccc(-c2ccccn2)nc1. The van der Waals surface area contributed by atoms with Gasteiger partial charge in [-0.2, -0.15) is 0 Å². The minimum absolute atomic E-state index is 0.683. The Bertz CT molecular complexity index is 965. The fraction of sp³-hybridized carbons (Fsp3) is 0.0800. The van der Waals surface area contributed by atoms with Crippen LogP contribution in [-0.2, 0) is 24.0 Å². The zero-order valence-corrected chi connectivity index (χ0v) is 21.6. The van der Waals surface area contributed by atoms with Crippen molar-refractivity contribution in [3.8, 4) is 22.8 Å². The van der Waals surface area contributed by atoms with Crippen LogP contribution in [0.25, 0.3) is 22.8 Å². The molecule has 5 aromatic heterocycles. The first-order chi connectivity index (χ1) is 16.9. The van der Waals surface area contributed by atoms with Gasteiger partial charge in [0.05, 0.1) is 29.1 Å². The van der Waals surface area contributed by atoms with Crippen LogP contribution < -0.4 is 5.73 Å². The van der Waals surface area contributed by atoms with E-state index >= 15 is 0 Å². The van der Waals surface area contributed by atoms with E-state index in [4.69, 9.17) is 5.73 Å². The van der Waals surface area contributed by atoms with Gasteiger partial charge in [0.25, 0.3) is 0 Å². The second kappa shape index (κ2) is 17.2. The van der Waals surface area contributed by atoms with E-state index in [1.54, 1.807) is 37.3 Å². The number of imidazole rings is 1. The van der Waals surface area contributed by atoms with E-state index in [-0.39, 0.29) is 0 Å². The Kier molecular flexibility index (Phi) is 13.6. The molecule has 5 heterocycles. The topological polar surface area (TPSA) is 106 Å². The van der Waals surface area contributed by atoms with Gasteiger partial charge in [-0.05, 0) is 55.1 Å². The van der Waals surface area contributed by atoms with Gasteiger partial charge < -0.3 is 10.7 Å². The molecule has 0 aromatic carbocycles. The number of nitrogens with two attached hydrogens (primary N) is 1. The van der Waals surface area contributed by atoms with Gasteiger partial charge in [0.2, 0.25) is 0 Å². The van der Waals surface area contributed by atoms with Crippen LogP contribution in [0.1, 0.15) is 5.69 Å². The molecular weight excluding hydrogens is 624 g/mol. The summed E-state index contributed by atoms with van der Waals surface area (Å²) in [7, 11) is 4.67. The summed E-state index contributed by atoms with van der Waals surface area (Å²) >= 11 is 1.33. The van der Waals surface area contributed by atoms with Crippen LogP contribution in [0.2, 0.25) is 0 Å². The molecule has 0 aliphatic carbocycles. The fourth-order valence-electron chi connectivity index (χ4n) is 2.63. The van der Waals surface area contributed by atoms with Crippen LogP contribution in [0, 0.1) is 0 Å². The normalized spacial score (nSPS) is 9.26. The van der Waals surface area contributed by atoms with Crippen LogP contribution in [0.15, 0.2) is 110 Å². The van der Waals surface area contributed by atoms with E-state index in [0.717, 1.165) is 34.9 Å². The zero-order valence-electron chi connectivity index (χ0n) is 18.4. The molecule has 0 radical (unpaired) electrons. The van der Waals surface area contributed by atoms with Gasteiger partial charge in [-0.25, -0.2) is 4.98 Å². The van der Waals surface area contributed by atoms with Crippen LogP contribution in [0.3, 0.4) is 0 Å². The number of rotatable bonds is 4. The molecule has 0 aliphatic rings. The van der Waals surface area contributed by atoms with Crippen molar-refractivity contribution in [3.63, 3.8) is 0 Å². The monoisotopic (exact) mass is 650 g/mol. The maximum atomic E-state index is 5.27. The molecule has 0 atom stereocenters. The number of halogens is 1. The molecule has 5 rings (SSSR count). The predicted octanol–water partition coefficient (Wildman–Crippen LogP) is 4.89. The summed E-state index contributed by atoms with van der Waals surface area (Å²) in [5.74, 6) is 0. The summed E-state index contributed by atoms with van der Waals surface area (Å²) in [6.45, 7) is 0.683. The zero-order chi connectivity index (χ0) is 24.3. The van der Waals surface area contributed by atoms with E-state index in [9.17, 15) is 0 Å². The minimum atomic E-state index is 0.683. The van der Waals surface area contributed by atoms with E-state index < -0.39 is 0 Å². The smallest absolute Gasteiger partial charge is 0.0886 e. The van der Waals surface area contributed by atoms with E-state index in [0.29, 0.717) is 6.54 Å². The molecule has 0 saturated heterocycles. The van der Waals surface area contributed by atoms with Crippen LogP contribution in [0.4, 0.5) is 0 Å². The second-order valence-electron chi connectivity index (χ2n) is 6.48. The molecule has 0 bridgehead atoms. The Balaban J connectivity index is 0.000000177. The van der Waals surface area contributed by atoms with Gasteiger partial charge in [0.15, 0.2) is 0 Å². The first kappa shape index (κ1) is 26.9. The number of aromatic nitrogens is 6. The van der Waals surface area contributed by atoms with Crippen molar-refractivity contribution in [3.05, 3.63) is 116 Å². The summed E-state index contributed by atoms with van der Waals surface area (Å²) < 4.78 is 0. The standard InChI is InChI=1S/2C10H8N2.C5H9N3.ClH.Os/c2*1-3-7-11-9(5-1)10-6-2-4-8-12-10;6-2-1-5-3-7-4-8-5;;/h2*1-8H;3-4H,1-2,6H2,(H,7,8);1H;/q;;;;+1/p-1. The number of hydrogen-bond acceptors (Lipinski definition) is 6. The number of pyridine rings is 4. The Labute approximate surface area is 213 Å². The van der Waals surface area contributed by atoms with Gasteiger partial charge >= 0.3 is 27.2 Å². The molecule has 34 heavy (non-hydrogen) atoms. The molecule has 7 nitrogen and oxygen atoms in total.